The zero-order chi connectivity index (χ0) is 18.2. The van der Waals surface area contributed by atoms with Gasteiger partial charge in [-0.15, -0.1) is 0 Å². The Balaban J connectivity index is 1.95. The summed E-state index contributed by atoms with van der Waals surface area (Å²) in [5.41, 5.74) is 6.28. The minimum atomic E-state index is -0.000807. The summed E-state index contributed by atoms with van der Waals surface area (Å²) in [6.07, 6.45) is 4.04. The van der Waals surface area contributed by atoms with Crippen molar-refractivity contribution in [2.75, 3.05) is 46.6 Å². The van der Waals surface area contributed by atoms with E-state index in [2.05, 4.69) is 5.32 Å². The van der Waals surface area contributed by atoms with Gasteiger partial charge >= 0.3 is 0 Å². The average molecular weight is 352 g/mol. The number of carbonyl (C=O) groups excluding carboxylic acids is 1. The minimum absolute atomic E-state index is 0.000807. The predicted octanol–water partition coefficient (Wildman–Crippen LogP) is 1.91. The van der Waals surface area contributed by atoms with E-state index < -0.39 is 0 Å². The normalized spacial score (nSPS) is 10.6. The van der Waals surface area contributed by atoms with Crippen LogP contribution in [0.4, 0.5) is 0 Å². The average Bonchev–Trinajstić information content (AvgIpc) is 2.63. The van der Waals surface area contributed by atoms with Crippen LogP contribution in [0.3, 0.4) is 0 Å². The van der Waals surface area contributed by atoms with Gasteiger partial charge in [0.05, 0.1) is 13.5 Å². The minimum Gasteiger partial charge on any atom is -0.496 e. The molecule has 0 aliphatic heterocycles. The van der Waals surface area contributed by atoms with Gasteiger partial charge in [0.25, 0.3) is 0 Å². The number of para-hydroxylation sites is 1. The van der Waals surface area contributed by atoms with Crippen LogP contribution in [0.5, 0.6) is 5.75 Å². The van der Waals surface area contributed by atoms with Gasteiger partial charge in [0.15, 0.2) is 0 Å². The highest BCUT2D eigenvalue weighted by Crippen LogP contribution is 2.17. The van der Waals surface area contributed by atoms with E-state index in [0.717, 1.165) is 56.8 Å². The van der Waals surface area contributed by atoms with Crippen molar-refractivity contribution in [1.29, 1.82) is 0 Å². The third kappa shape index (κ3) is 10.8. The Kier molecular flexibility index (Phi) is 12.6. The second-order valence-electron chi connectivity index (χ2n) is 5.77. The van der Waals surface area contributed by atoms with Crippen LogP contribution in [-0.4, -0.2) is 52.5 Å². The van der Waals surface area contributed by atoms with E-state index in [1.165, 1.54) is 0 Å². The van der Waals surface area contributed by atoms with Crippen LogP contribution >= 0.6 is 0 Å². The van der Waals surface area contributed by atoms with Crippen molar-refractivity contribution >= 4 is 5.91 Å². The quantitative estimate of drug-likeness (QED) is 0.471. The molecule has 0 unspecified atom stereocenters. The van der Waals surface area contributed by atoms with Crippen molar-refractivity contribution < 1.29 is 19.0 Å². The highest BCUT2D eigenvalue weighted by Gasteiger charge is 2.07. The first-order valence-corrected chi connectivity index (χ1v) is 9.02. The molecule has 6 nitrogen and oxygen atoms in total. The van der Waals surface area contributed by atoms with Crippen LogP contribution in [0.25, 0.3) is 0 Å². The van der Waals surface area contributed by atoms with Gasteiger partial charge < -0.3 is 25.3 Å². The topological polar surface area (TPSA) is 82.8 Å². The number of ether oxygens (including phenoxy) is 3. The highest BCUT2D eigenvalue weighted by atomic mass is 16.5. The maximum Gasteiger partial charge on any atom is 0.224 e. The molecule has 0 aliphatic rings. The largest absolute Gasteiger partial charge is 0.496 e. The molecule has 0 fully saturated rings. The van der Waals surface area contributed by atoms with Gasteiger partial charge in [-0.1, -0.05) is 18.2 Å². The molecule has 0 saturated heterocycles. The number of nitrogens with two attached hydrogens (primary N) is 1. The molecular weight excluding hydrogens is 320 g/mol. The first-order chi connectivity index (χ1) is 12.3. The zero-order valence-electron chi connectivity index (χ0n) is 15.3. The van der Waals surface area contributed by atoms with Gasteiger partial charge in [-0.25, -0.2) is 0 Å². The lowest BCUT2D eigenvalue weighted by Gasteiger charge is -2.09. The number of amides is 1. The van der Waals surface area contributed by atoms with Crippen molar-refractivity contribution in [3.8, 4) is 5.75 Å². The van der Waals surface area contributed by atoms with Gasteiger partial charge in [-0.05, 0) is 38.3 Å². The Morgan fingerprint density at radius 1 is 1.00 bits per heavy atom. The summed E-state index contributed by atoms with van der Waals surface area (Å²) in [4.78, 5) is 11.9. The Bertz CT molecular complexity index is 468. The third-order valence-electron chi connectivity index (χ3n) is 3.65. The van der Waals surface area contributed by atoms with Crippen molar-refractivity contribution in [2.24, 2.45) is 5.73 Å². The van der Waals surface area contributed by atoms with Gasteiger partial charge in [-0.3, -0.25) is 4.79 Å². The lowest BCUT2D eigenvalue weighted by molar-refractivity contribution is -0.120. The van der Waals surface area contributed by atoms with E-state index in [4.69, 9.17) is 19.9 Å². The monoisotopic (exact) mass is 352 g/mol. The lowest BCUT2D eigenvalue weighted by atomic mass is 10.1. The molecule has 25 heavy (non-hydrogen) atoms. The number of hydrogen-bond acceptors (Lipinski definition) is 5. The maximum absolute atomic E-state index is 11.9. The van der Waals surface area contributed by atoms with Crippen LogP contribution in [0.15, 0.2) is 24.3 Å². The molecule has 0 aliphatic carbocycles. The van der Waals surface area contributed by atoms with E-state index in [9.17, 15) is 4.79 Å². The molecular formula is C19H32N2O4. The fourth-order valence-corrected chi connectivity index (χ4v) is 2.28. The van der Waals surface area contributed by atoms with Gasteiger partial charge in [0.2, 0.25) is 5.91 Å². The molecule has 0 atom stereocenters. The van der Waals surface area contributed by atoms with E-state index in [1.54, 1.807) is 7.11 Å². The van der Waals surface area contributed by atoms with Crippen molar-refractivity contribution in [2.45, 2.75) is 32.1 Å². The van der Waals surface area contributed by atoms with Crippen LogP contribution in [-0.2, 0) is 20.7 Å². The van der Waals surface area contributed by atoms with Crippen LogP contribution in [0.1, 0.15) is 31.2 Å². The van der Waals surface area contributed by atoms with Crippen molar-refractivity contribution in [3.05, 3.63) is 29.8 Å². The Morgan fingerprint density at radius 3 is 2.32 bits per heavy atom. The first kappa shape index (κ1) is 21.4. The second kappa shape index (κ2) is 14.7. The molecule has 3 N–H and O–H groups in total. The number of rotatable bonds is 15. The molecule has 6 heteroatoms. The van der Waals surface area contributed by atoms with Gasteiger partial charge in [0.1, 0.15) is 5.75 Å². The number of carbonyl (C=O) groups is 1. The number of nitrogens with one attached hydrogen (secondary N) is 1. The summed E-state index contributed by atoms with van der Waals surface area (Å²) in [6.45, 7) is 4.20. The Labute approximate surface area is 151 Å². The first-order valence-electron chi connectivity index (χ1n) is 9.02. The highest BCUT2D eigenvalue weighted by molar-refractivity contribution is 5.79. The molecule has 1 aromatic carbocycles. The molecule has 0 heterocycles. The smallest absolute Gasteiger partial charge is 0.224 e. The second-order valence-corrected chi connectivity index (χ2v) is 5.77. The molecule has 1 aromatic rings. The van der Waals surface area contributed by atoms with Gasteiger partial charge in [-0.2, -0.15) is 0 Å². The van der Waals surface area contributed by atoms with Crippen molar-refractivity contribution in [3.63, 3.8) is 0 Å². The molecule has 0 aromatic heterocycles. The van der Waals surface area contributed by atoms with E-state index in [0.29, 0.717) is 26.1 Å². The molecule has 142 valence electrons. The molecule has 0 bridgehead atoms. The number of unbranched alkanes of at least 4 members (excludes halogenated alkanes) is 1. The molecule has 1 rings (SSSR count). The fourth-order valence-electron chi connectivity index (χ4n) is 2.28. The molecule has 0 saturated carbocycles. The third-order valence-corrected chi connectivity index (χ3v) is 3.65. The number of methoxy groups -OCH3 is 1. The number of hydrogen-bond donors (Lipinski definition) is 2. The maximum atomic E-state index is 11.9. The SMILES string of the molecule is COc1ccccc1CC(=O)NCCCOCCCCOCCCN. The molecule has 0 radical (unpaired) electrons. The Hall–Kier alpha value is -1.63. The van der Waals surface area contributed by atoms with Crippen LogP contribution < -0.4 is 15.8 Å². The van der Waals surface area contributed by atoms with Crippen LogP contribution in [0.2, 0.25) is 0 Å². The van der Waals surface area contributed by atoms with Gasteiger partial charge in [0, 0.05) is 38.5 Å². The predicted molar refractivity (Wildman–Crippen MR) is 98.9 cm³/mol. The van der Waals surface area contributed by atoms with Crippen molar-refractivity contribution in [1.82, 2.24) is 5.32 Å². The van der Waals surface area contributed by atoms with E-state index in [-0.39, 0.29) is 5.91 Å². The number of benzene rings is 1. The Morgan fingerprint density at radius 2 is 1.64 bits per heavy atom. The summed E-state index contributed by atoms with van der Waals surface area (Å²) in [6, 6.07) is 7.56. The zero-order valence-corrected chi connectivity index (χ0v) is 15.3. The molecule has 1 amide bonds. The molecule has 0 spiro atoms. The summed E-state index contributed by atoms with van der Waals surface area (Å²) in [5, 5.41) is 2.91. The van der Waals surface area contributed by atoms with Crippen LogP contribution in [0, 0.1) is 0 Å². The fraction of sp³-hybridized carbons (Fsp3) is 0.632. The summed E-state index contributed by atoms with van der Waals surface area (Å²) in [5.74, 6) is 0.743. The summed E-state index contributed by atoms with van der Waals surface area (Å²) >= 11 is 0. The summed E-state index contributed by atoms with van der Waals surface area (Å²) in [7, 11) is 1.61. The van der Waals surface area contributed by atoms with E-state index >= 15 is 0 Å². The standard InChI is InChI=1S/C19H32N2O4/c1-23-18-9-3-2-8-17(18)16-19(22)21-11-7-15-25-13-5-4-12-24-14-6-10-20/h2-3,8-9H,4-7,10-16,20H2,1H3,(H,21,22). The lowest BCUT2D eigenvalue weighted by Crippen LogP contribution is -2.27. The van der Waals surface area contributed by atoms with E-state index in [1.807, 2.05) is 24.3 Å². The summed E-state index contributed by atoms with van der Waals surface area (Å²) < 4.78 is 16.2.